The molecule has 0 N–H and O–H groups in total. The van der Waals surface area contributed by atoms with Gasteiger partial charge < -0.3 is 9.05 Å². The van der Waals surface area contributed by atoms with Gasteiger partial charge in [-0.05, 0) is 53.4 Å². The second-order valence-electron chi connectivity index (χ2n) is 7.90. The van der Waals surface area contributed by atoms with Gasteiger partial charge in [0.1, 0.15) is 5.78 Å². The van der Waals surface area contributed by atoms with Gasteiger partial charge in [-0.3, -0.25) is 4.79 Å². The summed E-state index contributed by atoms with van der Waals surface area (Å²) in [5.74, 6) is 0.193. The van der Waals surface area contributed by atoms with Gasteiger partial charge in [0.25, 0.3) is 8.53 Å². The summed E-state index contributed by atoms with van der Waals surface area (Å²) < 4.78 is 14.8. The number of ketones is 1. The van der Waals surface area contributed by atoms with Crippen LogP contribution in [0.5, 0.6) is 0 Å². The molecule has 3 unspecified atom stereocenters. The average Bonchev–Trinajstić information content (AvgIpc) is 2.57. The highest BCUT2D eigenvalue weighted by molar-refractivity contribution is 7.44. The summed E-state index contributed by atoms with van der Waals surface area (Å²) in [5.41, 5.74) is -0.892. The Morgan fingerprint density at radius 1 is 1.27 bits per heavy atom. The van der Waals surface area contributed by atoms with Crippen LogP contribution in [0.15, 0.2) is 0 Å². The summed E-state index contributed by atoms with van der Waals surface area (Å²) in [6, 6.07) is 2.47. The van der Waals surface area contributed by atoms with Crippen LogP contribution in [0, 0.1) is 16.7 Å². The predicted molar refractivity (Wildman–Crippen MR) is 109 cm³/mol. The van der Waals surface area contributed by atoms with Crippen molar-refractivity contribution < 1.29 is 13.8 Å². The van der Waals surface area contributed by atoms with Crippen LogP contribution >= 0.6 is 8.53 Å². The first-order chi connectivity index (χ1) is 12.1. The van der Waals surface area contributed by atoms with Gasteiger partial charge in [0.05, 0.1) is 24.7 Å². The third kappa shape index (κ3) is 8.44. The zero-order valence-corrected chi connectivity index (χ0v) is 19.0. The van der Waals surface area contributed by atoms with E-state index in [-0.39, 0.29) is 5.78 Å². The summed E-state index contributed by atoms with van der Waals surface area (Å²) >= 11 is 0. The summed E-state index contributed by atoms with van der Waals surface area (Å²) in [7, 11) is -1.28. The van der Waals surface area contributed by atoms with Crippen LogP contribution in [0.3, 0.4) is 0 Å². The summed E-state index contributed by atoms with van der Waals surface area (Å²) in [6.07, 6.45) is 3.79. The summed E-state index contributed by atoms with van der Waals surface area (Å²) in [6.45, 7) is 17.5. The van der Waals surface area contributed by atoms with E-state index in [1.807, 2.05) is 27.7 Å². The van der Waals surface area contributed by atoms with Crippen molar-refractivity contribution in [2.75, 3.05) is 13.2 Å². The van der Waals surface area contributed by atoms with E-state index in [4.69, 9.17) is 14.3 Å². The van der Waals surface area contributed by atoms with Crippen molar-refractivity contribution in [3.63, 3.8) is 0 Å². The molecule has 0 aromatic heterocycles. The van der Waals surface area contributed by atoms with Crippen molar-refractivity contribution in [1.82, 2.24) is 4.67 Å². The molecule has 0 aliphatic carbocycles. The molecule has 0 saturated carbocycles. The Balaban J connectivity index is 5.41. The van der Waals surface area contributed by atoms with Crippen molar-refractivity contribution in [3.8, 4) is 6.07 Å². The fourth-order valence-electron chi connectivity index (χ4n) is 2.91. The third-order valence-electron chi connectivity index (χ3n) is 4.95. The van der Waals surface area contributed by atoms with Crippen molar-refractivity contribution in [2.45, 2.75) is 99.1 Å². The van der Waals surface area contributed by atoms with Gasteiger partial charge >= 0.3 is 0 Å². The topological polar surface area (TPSA) is 62.6 Å². The number of rotatable bonds is 14. The molecule has 6 heteroatoms. The highest BCUT2D eigenvalue weighted by Gasteiger charge is 2.39. The Hall–Kier alpha value is -0.530. The van der Waals surface area contributed by atoms with Gasteiger partial charge in [-0.25, -0.2) is 4.67 Å². The SMILES string of the molecule is CCCN(C(C)CC)P(OCCC#N)OC(C)(C)CC(C)(CC)C(C)=O. The second kappa shape index (κ2) is 12.0. The van der Waals surface area contributed by atoms with Gasteiger partial charge in [-0.2, -0.15) is 5.26 Å². The standard InChI is InChI=1S/C20H39N2O3P/c1-9-14-22(17(4)10-2)26(24-15-12-13-21)25-19(6,7)16-20(8,11-3)18(5)23/h17H,9-12,14-16H2,1-8H3. The fourth-order valence-corrected chi connectivity index (χ4v) is 4.80. The maximum atomic E-state index is 12.1. The molecule has 0 aromatic rings. The molecule has 0 rings (SSSR count). The van der Waals surface area contributed by atoms with Crippen LogP contribution in [0.2, 0.25) is 0 Å². The Kier molecular flexibility index (Phi) is 11.8. The van der Waals surface area contributed by atoms with Crippen LogP contribution in [-0.4, -0.2) is 35.2 Å². The molecule has 0 spiro atoms. The Morgan fingerprint density at radius 3 is 2.31 bits per heavy atom. The molecule has 0 saturated heterocycles. The minimum atomic E-state index is -1.28. The Morgan fingerprint density at radius 2 is 1.88 bits per heavy atom. The molecule has 152 valence electrons. The van der Waals surface area contributed by atoms with E-state index in [9.17, 15) is 4.79 Å². The molecule has 0 fully saturated rings. The third-order valence-corrected chi connectivity index (χ3v) is 7.02. The number of nitriles is 1. The minimum absolute atomic E-state index is 0.193. The molecule has 26 heavy (non-hydrogen) atoms. The molecule has 0 heterocycles. The van der Waals surface area contributed by atoms with E-state index >= 15 is 0 Å². The normalized spacial score (nSPS) is 16.8. The van der Waals surface area contributed by atoms with Gasteiger partial charge in [0.2, 0.25) is 0 Å². The number of carbonyl (C=O) groups is 1. The first-order valence-electron chi connectivity index (χ1n) is 9.83. The van der Waals surface area contributed by atoms with E-state index < -0.39 is 19.5 Å². The second-order valence-corrected chi connectivity index (χ2v) is 9.33. The van der Waals surface area contributed by atoms with Crippen LogP contribution < -0.4 is 0 Å². The highest BCUT2D eigenvalue weighted by Crippen LogP contribution is 2.50. The highest BCUT2D eigenvalue weighted by atomic mass is 31.2. The lowest BCUT2D eigenvalue weighted by molar-refractivity contribution is -0.128. The lowest BCUT2D eigenvalue weighted by atomic mass is 9.75. The van der Waals surface area contributed by atoms with Crippen LogP contribution in [0.4, 0.5) is 0 Å². The Labute approximate surface area is 162 Å². The van der Waals surface area contributed by atoms with Crippen LogP contribution in [0.1, 0.15) is 87.5 Å². The van der Waals surface area contributed by atoms with Crippen LogP contribution in [-0.2, 0) is 13.8 Å². The molecule has 0 radical (unpaired) electrons. The molecule has 0 aliphatic heterocycles. The monoisotopic (exact) mass is 386 g/mol. The van der Waals surface area contributed by atoms with E-state index in [1.54, 1.807) is 6.92 Å². The van der Waals surface area contributed by atoms with Crippen molar-refractivity contribution in [2.24, 2.45) is 5.41 Å². The van der Waals surface area contributed by atoms with Crippen molar-refractivity contribution in [1.29, 1.82) is 5.26 Å². The smallest absolute Gasteiger partial charge is 0.259 e. The maximum absolute atomic E-state index is 12.1. The number of hydrogen-bond acceptors (Lipinski definition) is 5. The van der Waals surface area contributed by atoms with Gasteiger partial charge in [0, 0.05) is 18.0 Å². The zero-order valence-electron chi connectivity index (χ0n) is 18.1. The first-order valence-corrected chi connectivity index (χ1v) is 11.0. The lowest BCUT2D eigenvalue weighted by Crippen LogP contribution is -2.38. The molecule has 0 amide bonds. The number of nitrogens with zero attached hydrogens (tertiary/aromatic N) is 2. The molecule has 5 nitrogen and oxygen atoms in total. The predicted octanol–water partition coefficient (Wildman–Crippen LogP) is 5.84. The number of Topliss-reactive ketones (excluding diaryl/α,β-unsaturated/α-hetero) is 1. The van der Waals surface area contributed by atoms with Gasteiger partial charge in [-0.1, -0.05) is 27.7 Å². The lowest BCUT2D eigenvalue weighted by Gasteiger charge is -2.41. The van der Waals surface area contributed by atoms with E-state index in [0.717, 1.165) is 25.8 Å². The van der Waals surface area contributed by atoms with E-state index in [0.29, 0.717) is 25.5 Å². The summed E-state index contributed by atoms with van der Waals surface area (Å²) in [5, 5.41) is 8.84. The fraction of sp³-hybridized carbons (Fsp3) is 0.900. The molecule has 0 aromatic carbocycles. The average molecular weight is 387 g/mol. The maximum Gasteiger partial charge on any atom is 0.259 e. The van der Waals surface area contributed by atoms with Gasteiger partial charge in [0.15, 0.2) is 0 Å². The van der Waals surface area contributed by atoms with Crippen LogP contribution in [0.25, 0.3) is 0 Å². The zero-order chi connectivity index (χ0) is 20.4. The van der Waals surface area contributed by atoms with E-state index in [2.05, 4.69) is 31.5 Å². The number of hydrogen-bond donors (Lipinski definition) is 0. The first kappa shape index (κ1) is 25.5. The quantitative estimate of drug-likeness (QED) is 0.277. The van der Waals surface area contributed by atoms with E-state index in [1.165, 1.54) is 0 Å². The number of carbonyl (C=O) groups excluding carboxylic acids is 1. The van der Waals surface area contributed by atoms with Gasteiger partial charge in [-0.15, -0.1) is 0 Å². The molecular weight excluding hydrogens is 347 g/mol. The van der Waals surface area contributed by atoms with Crippen molar-refractivity contribution >= 4 is 14.3 Å². The Bertz CT molecular complexity index is 464. The minimum Gasteiger partial charge on any atom is -0.321 e. The molecule has 3 atom stereocenters. The largest absolute Gasteiger partial charge is 0.321 e. The summed E-state index contributed by atoms with van der Waals surface area (Å²) in [4.78, 5) is 12.1. The molecule has 0 aliphatic rings. The van der Waals surface area contributed by atoms with Crippen molar-refractivity contribution in [3.05, 3.63) is 0 Å². The molecular formula is C20H39N2O3P. The molecule has 0 bridgehead atoms.